The smallest absolute Gasteiger partial charge is 0.317 e. The molecule has 0 saturated carbocycles. The zero-order chi connectivity index (χ0) is 15.0. The van der Waals surface area contributed by atoms with Gasteiger partial charge in [-0.3, -0.25) is 4.79 Å². The van der Waals surface area contributed by atoms with Crippen molar-refractivity contribution in [1.29, 1.82) is 0 Å². The third kappa shape index (κ3) is 9.30. The van der Waals surface area contributed by atoms with E-state index in [1.165, 1.54) is 4.90 Å². The van der Waals surface area contributed by atoms with Crippen molar-refractivity contribution in [3.05, 3.63) is 0 Å². The lowest BCUT2D eigenvalue weighted by molar-refractivity contribution is -0.138. The van der Waals surface area contributed by atoms with Gasteiger partial charge in [0.2, 0.25) is 0 Å². The highest BCUT2D eigenvalue weighted by Gasteiger charge is 2.17. The molecule has 0 saturated heterocycles. The maximum absolute atomic E-state index is 11.7. The Bertz CT molecular complexity index is 292. The molecule has 0 aromatic heterocycles. The van der Waals surface area contributed by atoms with Gasteiger partial charge in [-0.1, -0.05) is 13.8 Å². The molecule has 6 nitrogen and oxygen atoms in total. The minimum atomic E-state index is -0.850. The van der Waals surface area contributed by atoms with Crippen LogP contribution in [0.15, 0.2) is 0 Å². The fourth-order valence-corrected chi connectivity index (χ4v) is 2.00. The molecule has 112 valence electrons. The van der Waals surface area contributed by atoms with Crippen LogP contribution >= 0.6 is 0 Å². The molecule has 2 amide bonds. The Balaban J connectivity index is 4.22. The average Bonchev–Trinajstić information content (AvgIpc) is 2.22. The largest absolute Gasteiger partial charge is 0.481 e. The predicted molar refractivity (Wildman–Crippen MR) is 72.9 cm³/mol. The van der Waals surface area contributed by atoms with Gasteiger partial charge in [-0.05, 0) is 25.2 Å². The summed E-state index contributed by atoms with van der Waals surface area (Å²) in [5.74, 6) is -0.532. The standard InChI is InChI=1S/C13H26N2O4/c1-9(2)5-11(6-12(17)18)7-14-13(19)15(4)8-10(3)16/h9-11,16H,5-8H2,1-4H3,(H,14,19)(H,17,18)/t10?,11-/m0/s1. The van der Waals surface area contributed by atoms with Crippen molar-refractivity contribution in [3.8, 4) is 0 Å². The molecule has 0 aromatic carbocycles. The van der Waals surface area contributed by atoms with Crippen molar-refractivity contribution >= 4 is 12.0 Å². The zero-order valence-electron chi connectivity index (χ0n) is 12.2. The molecule has 2 atom stereocenters. The lowest BCUT2D eigenvalue weighted by atomic mass is 9.94. The van der Waals surface area contributed by atoms with E-state index in [9.17, 15) is 14.7 Å². The molecule has 6 heteroatoms. The number of carboxylic acid groups (broad SMARTS) is 1. The number of carbonyl (C=O) groups excluding carboxylic acids is 1. The van der Waals surface area contributed by atoms with Crippen LogP contribution < -0.4 is 5.32 Å². The number of nitrogens with one attached hydrogen (secondary N) is 1. The van der Waals surface area contributed by atoms with E-state index in [-0.39, 0.29) is 24.9 Å². The van der Waals surface area contributed by atoms with Crippen LogP contribution in [0.5, 0.6) is 0 Å². The van der Waals surface area contributed by atoms with Crippen LogP contribution in [-0.4, -0.2) is 53.4 Å². The molecule has 19 heavy (non-hydrogen) atoms. The normalized spacial score (nSPS) is 14.0. The van der Waals surface area contributed by atoms with E-state index in [0.29, 0.717) is 12.5 Å². The quantitative estimate of drug-likeness (QED) is 0.619. The Kier molecular flexibility index (Phi) is 8.14. The number of rotatable bonds is 8. The molecule has 0 bridgehead atoms. The summed E-state index contributed by atoms with van der Waals surface area (Å²) in [7, 11) is 1.59. The average molecular weight is 274 g/mol. The molecular formula is C13H26N2O4. The van der Waals surface area contributed by atoms with E-state index in [2.05, 4.69) is 5.32 Å². The monoisotopic (exact) mass is 274 g/mol. The van der Waals surface area contributed by atoms with Crippen molar-refractivity contribution in [2.75, 3.05) is 20.1 Å². The van der Waals surface area contributed by atoms with Crippen molar-refractivity contribution in [2.45, 2.75) is 39.7 Å². The Morgan fingerprint density at radius 2 is 1.84 bits per heavy atom. The van der Waals surface area contributed by atoms with Crippen molar-refractivity contribution < 1.29 is 19.8 Å². The molecule has 0 rings (SSSR count). The fourth-order valence-electron chi connectivity index (χ4n) is 2.00. The first-order valence-electron chi connectivity index (χ1n) is 6.61. The molecule has 0 fully saturated rings. The minimum Gasteiger partial charge on any atom is -0.481 e. The molecule has 0 radical (unpaired) electrons. The fraction of sp³-hybridized carbons (Fsp3) is 0.846. The van der Waals surface area contributed by atoms with Gasteiger partial charge in [-0.15, -0.1) is 0 Å². The van der Waals surface area contributed by atoms with E-state index >= 15 is 0 Å². The summed E-state index contributed by atoms with van der Waals surface area (Å²) in [6.45, 7) is 6.25. The highest BCUT2D eigenvalue weighted by molar-refractivity contribution is 5.74. The number of carboxylic acids is 1. The van der Waals surface area contributed by atoms with Gasteiger partial charge in [-0.2, -0.15) is 0 Å². The van der Waals surface area contributed by atoms with Gasteiger partial charge in [0, 0.05) is 26.6 Å². The van der Waals surface area contributed by atoms with Crippen LogP contribution in [0.4, 0.5) is 4.79 Å². The number of likely N-dealkylation sites (N-methyl/N-ethyl adjacent to an activating group) is 1. The van der Waals surface area contributed by atoms with Crippen LogP contribution in [0, 0.1) is 11.8 Å². The summed E-state index contributed by atoms with van der Waals surface area (Å²) >= 11 is 0. The Labute approximate surface area is 114 Å². The number of nitrogens with zero attached hydrogens (tertiary/aromatic N) is 1. The highest BCUT2D eigenvalue weighted by Crippen LogP contribution is 2.14. The second kappa shape index (κ2) is 8.74. The zero-order valence-corrected chi connectivity index (χ0v) is 12.2. The molecule has 0 aromatic rings. The van der Waals surface area contributed by atoms with Gasteiger partial charge in [0.15, 0.2) is 0 Å². The Morgan fingerprint density at radius 3 is 2.26 bits per heavy atom. The summed E-state index contributed by atoms with van der Waals surface area (Å²) in [6.07, 6.45) is 0.229. The summed E-state index contributed by atoms with van der Waals surface area (Å²) in [4.78, 5) is 23.9. The van der Waals surface area contributed by atoms with Crippen molar-refractivity contribution in [2.24, 2.45) is 11.8 Å². The molecule has 0 spiro atoms. The molecule has 0 heterocycles. The number of aliphatic hydroxyl groups is 1. The summed E-state index contributed by atoms with van der Waals surface area (Å²) in [5, 5.41) is 20.7. The Hall–Kier alpha value is -1.30. The molecule has 0 aliphatic rings. The van der Waals surface area contributed by atoms with Gasteiger partial charge in [0.05, 0.1) is 6.10 Å². The van der Waals surface area contributed by atoms with Gasteiger partial charge >= 0.3 is 12.0 Å². The first-order valence-corrected chi connectivity index (χ1v) is 6.61. The summed E-state index contributed by atoms with van der Waals surface area (Å²) < 4.78 is 0. The second-order valence-electron chi connectivity index (χ2n) is 5.51. The SMILES string of the molecule is CC(C)C[C@H](CNC(=O)N(C)CC(C)O)CC(=O)O. The molecule has 0 aliphatic heterocycles. The number of aliphatic hydroxyl groups excluding tert-OH is 1. The van der Waals surface area contributed by atoms with E-state index in [0.717, 1.165) is 6.42 Å². The van der Waals surface area contributed by atoms with Gasteiger partial charge in [0.1, 0.15) is 0 Å². The highest BCUT2D eigenvalue weighted by atomic mass is 16.4. The van der Waals surface area contributed by atoms with Gasteiger partial charge in [-0.25, -0.2) is 4.79 Å². The number of hydrogen-bond acceptors (Lipinski definition) is 3. The maximum atomic E-state index is 11.7. The Morgan fingerprint density at radius 1 is 1.26 bits per heavy atom. The first-order chi connectivity index (χ1) is 8.72. The molecular weight excluding hydrogens is 248 g/mol. The lowest BCUT2D eigenvalue weighted by Crippen LogP contribution is -2.42. The predicted octanol–water partition coefficient (Wildman–Crippen LogP) is 1.15. The number of amides is 2. The maximum Gasteiger partial charge on any atom is 0.317 e. The number of hydrogen-bond donors (Lipinski definition) is 3. The third-order valence-electron chi connectivity index (χ3n) is 2.69. The lowest BCUT2D eigenvalue weighted by Gasteiger charge is -2.22. The summed E-state index contributed by atoms with van der Waals surface area (Å²) in [5.41, 5.74) is 0. The van der Waals surface area contributed by atoms with Crippen LogP contribution in [0.25, 0.3) is 0 Å². The summed E-state index contributed by atoms with van der Waals surface area (Å²) in [6, 6.07) is -0.292. The van der Waals surface area contributed by atoms with Crippen LogP contribution in [-0.2, 0) is 4.79 Å². The number of aliphatic carboxylic acids is 1. The number of carbonyl (C=O) groups is 2. The number of urea groups is 1. The van der Waals surface area contributed by atoms with Gasteiger partial charge in [0.25, 0.3) is 0 Å². The molecule has 1 unspecified atom stereocenters. The van der Waals surface area contributed by atoms with Gasteiger partial charge < -0.3 is 20.4 Å². The third-order valence-corrected chi connectivity index (χ3v) is 2.69. The van der Waals surface area contributed by atoms with Crippen molar-refractivity contribution in [3.63, 3.8) is 0 Å². The van der Waals surface area contributed by atoms with E-state index < -0.39 is 12.1 Å². The molecule has 0 aliphatic carbocycles. The van der Waals surface area contributed by atoms with E-state index in [4.69, 9.17) is 5.11 Å². The van der Waals surface area contributed by atoms with Crippen LogP contribution in [0.1, 0.15) is 33.6 Å². The van der Waals surface area contributed by atoms with Crippen molar-refractivity contribution in [1.82, 2.24) is 10.2 Å². The second-order valence-corrected chi connectivity index (χ2v) is 5.51. The van der Waals surface area contributed by atoms with E-state index in [1.54, 1.807) is 14.0 Å². The topological polar surface area (TPSA) is 89.9 Å². The van der Waals surface area contributed by atoms with Crippen LogP contribution in [0.2, 0.25) is 0 Å². The molecule has 3 N–H and O–H groups in total. The minimum absolute atomic E-state index is 0.0541. The first kappa shape index (κ1) is 17.7. The van der Waals surface area contributed by atoms with E-state index in [1.807, 2.05) is 13.8 Å². The van der Waals surface area contributed by atoms with Crippen LogP contribution in [0.3, 0.4) is 0 Å².